The molecule has 5 nitrogen and oxygen atoms in total. The Labute approximate surface area is 154 Å². The van der Waals surface area contributed by atoms with E-state index in [9.17, 15) is 9.59 Å². The summed E-state index contributed by atoms with van der Waals surface area (Å²) in [6, 6.07) is 3.74. The minimum atomic E-state index is -0.318. The Bertz CT molecular complexity index is 1030. The van der Waals surface area contributed by atoms with Crippen LogP contribution in [0.2, 0.25) is 5.02 Å². The molecule has 0 radical (unpaired) electrons. The Kier molecular flexibility index (Phi) is 4.67. The number of thiophene rings is 1. The van der Waals surface area contributed by atoms with Gasteiger partial charge in [-0.1, -0.05) is 17.7 Å². The Hall–Kier alpha value is -2.18. The second-order valence-electron chi connectivity index (χ2n) is 6.13. The zero-order chi connectivity index (χ0) is 18.3. The Balaban J connectivity index is 1.89. The van der Waals surface area contributed by atoms with E-state index in [0.717, 1.165) is 21.6 Å². The Morgan fingerprint density at radius 2 is 2.00 bits per heavy atom. The number of rotatable bonds is 3. The summed E-state index contributed by atoms with van der Waals surface area (Å²) in [5.74, 6) is -0.318. The number of anilines is 1. The number of hydrogen-bond donors (Lipinski definition) is 1. The van der Waals surface area contributed by atoms with Crippen molar-refractivity contribution in [2.45, 2.75) is 34.2 Å². The third kappa shape index (κ3) is 3.32. The van der Waals surface area contributed by atoms with Gasteiger partial charge in [0.25, 0.3) is 5.56 Å². The maximum absolute atomic E-state index is 12.7. The maximum atomic E-state index is 12.7. The molecule has 0 atom stereocenters. The van der Waals surface area contributed by atoms with E-state index in [1.165, 1.54) is 22.2 Å². The van der Waals surface area contributed by atoms with E-state index in [1.54, 1.807) is 6.07 Å². The van der Waals surface area contributed by atoms with Crippen molar-refractivity contribution >= 4 is 44.7 Å². The summed E-state index contributed by atoms with van der Waals surface area (Å²) in [6.07, 6.45) is 1.42. The summed E-state index contributed by atoms with van der Waals surface area (Å²) in [5, 5.41) is 3.86. The second-order valence-corrected chi connectivity index (χ2v) is 7.74. The van der Waals surface area contributed by atoms with Crippen molar-refractivity contribution in [1.82, 2.24) is 9.55 Å². The first kappa shape index (κ1) is 17.6. The van der Waals surface area contributed by atoms with Gasteiger partial charge in [0.05, 0.1) is 22.4 Å². The van der Waals surface area contributed by atoms with E-state index in [4.69, 9.17) is 11.6 Å². The van der Waals surface area contributed by atoms with Crippen LogP contribution in [-0.4, -0.2) is 15.5 Å². The number of nitrogens with one attached hydrogen (secondary N) is 1. The van der Waals surface area contributed by atoms with E-state index in [0.29, 0.717) is 20.9 Å². The molecule has 0 saturated heterocycles. The minimum absolute atomic E-state index is 0.111. The summed E-state index contributed by atoms with van der Waals surface area (Å²) in [7, 11) is 0. The number of carbonyl (C=O) groups excluding carboxylic acids is 1. The molecule has 0 spiro atoms. The van der Waals surface area contributed by atoms with Gasteiger partial charge in [-0.2, -0.15) is 0 Å². The van der Waals surface area contributed by atoms with E-state index in [1.807, 2.05) is 33.8 Å². The molecule has 3 aromatic rings. The molecule has 0 aliphatic rings. The van der Waals surface area contributed by atoms with Gasteiger partial charge in [0, 0.05) is 4.88 Å². The fraction of sp³-hybridized carbons (Fsp3) is 0.278. The predicted molar refractivity (Wildman–Crippen MR) is 103 cm³/mol. The first-order chi connectivity index (χ1) is 11.8. The zero-order valence-electron chi connectivity index (χ0n) is 14.4. The highest BCUT2D eigenvalue weighted by Gasteiger charge is 2.15. The quantitative estimate of drug-likeness (QED) is 0.752. The van der Waals surface area contributed by atoms with Crippen LogP contribution >= 0.6 is 22.9 Å². The topological polar surface area (TPSA) is 64.0 Å². The Morgan fingerprint density at radius 1 is 1.28 bits per heavy atom. The van der Waals surface area contributed by atoms with Gasteiger partial charge in [0.2, 0.25) is 5.91 Å². The zero-order valence-corrected chi connectivity index (χ0v) is 16.0. The molecule has 7 heteroatoms. The van der Waals surface area contributed by atoms with Gasteiger partial charge in [-0.3, -0.25) is 14.2 Å². The number of aromatic nitrogens is 2. The minimum Gasteiger partial charge on any atom is -0.323 e. The number of amides is 1. The lowest BCUT2D eigenvalue weighted by molar-refractivity contribution is -0.116. The van der Waals surface area contributed by atoms with Crippen LogP contribution in [-0.2, 0) is 11.3 Å². The lowest BCUT2D eigenvalue weighted by Crippen LogP contribution is -2.28. The van der Waals surface area contributed by atoms with Gasteiger partial charge in [-0.25, -0.2) is 4.98 Å². The highest BCUT2D eigenvalue weighted by atomic mass is 35.5. The molecule has 0 bridgehead atoms. The number of nitrogens with zero attached hydrogens (tertiary/aromatic N) is 2. The normalized spacial score (nSPS) is 11.1. The van der Waals surface area contributed by atoms with Crippen LogP contribution < -0.4 is 10.9 Å². The monoisotopic (exact) mass is 375 g/mol. The van der Waals surface area contributed by atoms with E-state index in [-0.39, 0.29) is 18.0 Å². The fourth-order valence-corrected chi connectivity index (χ4v) is 4.15. The fourth-order valence-electron chi connectivity index (χ4n) is 2.79. The molecule has 0 saturated carbocycles. The van der Waals surface area contributed by atoms with Crippen LogP contribution in [0.15, 0.2) is 23.3 Å². The predicted octanol–water partition coefficient (Wildman–Crippen LogP) is 3.98. The number of carbonyl (C=O) groups is 1. The van der Waals surface area contributed by atoms with Crippen LogP contribution in [0.3, 0.4) is 0 Å². The molecule has 2 aromatic heterocycles. The van der Waals surface area contributed by atoms with Crippen LogP contribution in [0.5, 0.6) is 0 Å². The summed E-state index contributed by atoms with van der Waals surface area (Å²) in [6.45, 7) is 7.57. The summed E-state index contributed by atoms with van der Waals surface area (Å²) in [5.41, 5.74) is 3.19. The number of halogens is 1. The first-order valence-corrected chi connectivity index (χ1v) is 8.99. The molecule has 1 aromatic carbocycles. The molecule has 1 amide bonds. The number of aryl methyl sites for hydroxylation is 4. The van der Waals surface area contributed by atoms with Gasteiger partial charge in [0.15, 0.2) is 0 Å². The van der Waals surface area contributed by atoms with Crippen LogP contribution in [0, 0.1) is 27.7 Å². The molecule has 0 unspecified atom stereocenters. The first-order valence-electron chi connectivity index (χ1n) is 7.79. The van der Waals surface area contributed by atoms with E-state index >= 15 is 0 Å². The lowest BCUT2D eigenvalue weighted by atomic mass is 10.1. The van der Waals surface area contributed by atoms with Crippen molar-refractivity contribution in [2.24, 2.45) is 0 Å². The third-order valence-corrected chi connectivity index (χ3v) is 5.58. The second kappa shape index (κ2) is 6.61. The molecule has 1 N–H and O–H groups in total. The van der Waals surface area contributed by atoms with Crippen molar-refractivity contribution in [1.29, 1.82) is 0 Å². The summed E-state index contributed by atoms with van der Waals surface area (Å²) in [4.78, 5) is 31.1. The molecule has 130 valence electrons. The van der Waals surface area contributed by atoms with Gasteiger partial charge in [-0.05, 0) is 50.5 Å². The van der Waals surface area contributed by atoms with E-state index in [2.05, 4.69) is 10.3 Å². The number of hydrogen-bond acceptors (Lipinski definition) is 4. The highest BCUT2D eigenvalue weighted by molar-refractivity contribution is 7.18. The van der Waals surface area contributed by atoms with Crippen molar-refractivity contribution in [2.75, 3.05) is 5.32 Å². The molecule has 0 aliphatic carbocycles. The van der Waals surface area contributed by atoms with Gasteiger partial charge < -0.3 is 5.32 Å². The molecule has 0 aliphatic heterocycles. The molecule has 0 fully saturated rings. The van der Waals surface area contributed by atoms with Gasteiger partial charge in [-0.15, -0.1) is 11.3 Å². The molecule has 25 heavy (non-hydrogen) atoms. The largest absolute Gasteiger partial charge is 0.323 e. The average Bonchev–Trinajstić information content (AvgIpc) is 2.81. The summed E-state index contributed by atoms with van der Waals surface area (Å²) < 4.78 is 1.33. The molecule has 3 rings (SSSR count). The summed E-state index contributed by atoms with van der Waals surface area (Å²) >= 11 is 7.71. The average molecular weight is 376 g/mol. The van der Waals surface area contributed by atoms with Gasteiger partial charge >= 0.3 is 0 Å². The number of benzene rings is 1. The van der Waals surface area contributed by atoms with Crippen LogP contribution in [0.4, 0.5) is 5.69 Å². The lowest BCUT2D eigenvalue weighted by Gasteiger charge is -2.12. The van der Waals surface area contributed by atoms with Crippen molar-refractivity contribution in [3.63, 3.8) is 0 Å². The smallest absolute Gasteiger partial charge is 0.262 e. The highest BCUT2D eigenvalue weighted by Crippen LogP contribution is 2.27. The van der Waals surface area contributed by atoms with Gasteiger partial charge in [0.1, 0.15) is 11.4 Å². The van der Waals surface area contributed by atoms with Crippen LogP contribution in [0.1, 0.15) is 21.6 Å². The van der Waals surface area contributed by atoms with Crippen molar-refractivity contribution in [3.05, 3.63) is 55.4 Å². The molecular weight excluding hydrogens is 358 g/mol. The van der Waals surface area contributed by atoms with Crippen molar-refractivity contribution in [3.8, 4) is 0 Å². The SMILES string of the molecule is Cc1cc(C)c(NC(=O)Cn2cnc3sc(C)c(C)c3c2=O)c(Cl)c1. The van der Waals surface area contributed by atoms with E-state index < -0.39 is 0 Å². The van der Waals surface area contributed by atoms with Crippen molar-refractivity contribution < 1.29 is 4.79 Å². The molecule has 2 heterocycles. The standard InChI is InChI=1S/C18H18ClN3O2S/c1-9-5-10(2)16(13(19)6-9)21-14(23)7-22-8-20-17-15(18(22)24)11(3)12(4)25-17/h5-6,8H,7H2,1-4H3,(H,21,23). The molecular formula is C18H18ClN3O2S. The number of fused-ring (bicyclic) bond motifs is 1. The maximum Gasteiger partial charge on any atom is 0.262 e. The third-order valence-electron chi connectivity index (χ3n) is 4.17. The van der Waals surface area contributed by atoms with Crippen LogP contribution in [0.25, 0.3) is 10.2 Å². The Morgan fingerprint density at radius 3 is 2.68 bits per heavy atom.